The molecule has 0 atom stereocenters. The molecule has 272 valence electrons. The maximum Gasteiger partial charge on any atom is 0.0637 e. The minimum absolute atomic E-state index is 0.0682. The number of hydrogen-bond acceptors (Lipinski definition) is 2. The number of allylic oxidation sites excluding steroid dienone is 4. The van der Waals surface area contributed by atoms with Crippen LogP contribution in [0.3, 0.4) is 0 Å². The normalized spacial score (nSPS) is 14.4. The van der Waals surface area contributed by atoms with Crippen molar-refractivity contribution < 1.29 is 0 Å². The Hall–Kier alpha value is -6.48. The van der Waals surface area contributed by atoms with Gasteiger partial charge in [-0.1, -0.05) is 178 Å². The van der Waals surface area contributed by atoms with Crippen LogP contribution in [0.15, 0.2) is 194 Å². The summed E-state index contributed by atoms with van der Waals surface area (Å²) in [5.74, 6) is 0. The first-order valence-electron chi connectivity index (χ1n) is 20.1. The highest BCUT2D eigenvalue weighted by molar-refractivity contribution is 7.26. The molecule has 1 heterocycles. The number of fused-ring (bicyclic) bond motifs is 7. The van der Waals surface area contributed by atoms with Gasteiger partial charge < -0.3 is 4.90 Å². The lowest BCUT2D eigenvalue weighted by Crippen LogP contribution is -2.19. The van der Waals surface area contributed by atoms with Crippen LogP contribution in [0.5, 0.6) is 0 Å². The Kier molecular flexibility index (Phi) is 7.91. The van der Waals surface area contributed by atoms with Gasteiger partial charge in [0.05, 0.1) is 10.4 Å². The zero-order valence-corrected chi connectivity index (χ0v) is 33.0. The zero-order chi connectivity index (χ0) is 38.1. The molecular formula is C55H41NS. The zero-order valence-electron chi connectivity index (χ0n) is 32.2. The van der Waals surface area contributed by atoms with Crippen LogP contribution in [-0.4, -0.2) is 0 Å². The van der Waals surface area contributed by atoms with Crippen LogP contribution in [0.1, 0.15) is 43.4 Å². The molecule has 0 unspecified atom stereocenters. The fourth-order valence-electron chi connectivity index (χ4n) is 9.69. The lowest BCUT2D eigenvalue weighted by molar-refractivity contribution is 0.660. The monoisotopic (exact) mass is 747 g/mol. The van der Waals surface area contributed by atoms with Gasteiger partial charge in [0.15, 0.2) is 0 Å². The van der Waals surface area contributed by atoms with E-state index < -0.39 is 0 Å². The summed E-state index contributed by atoms with van der Waals surface area (Å²) in [7, 11) is 0. The Morgan fingerprint density at radius 1 is 0.526 bits per heavy atom. The molecular weight excluding hydrogens is 707 g/mol. The molecule has 0 bridgehead atoms. The molecule has 0 saturated carbocycles. The summed E-state index contributed by atoms with van der Waals surface area (Å²) in [6, 6.07) is 65.2. The molecule has 0 spiro atoms. The highest BCUT2D eigenvalue weighted by Gasteiger charge is 2.37. The van der Waals surface area contributed by atoms with E-state index in [4.69, 9.17) is 0 Å². The van der Waals surface area contributed by atoms with Crippen LogP contribution in [0.2, 0.25) is 0 Å². The van der Waals surface area contributed by atoms with Crippen molar-refractivity contribution in [1.82, 2.24) is 0 Å². The summed E-state index contributed by atoms with van der Waals surface area (Å²) in [6.45, 7) is 4.75. The van der Waals surface area contributed by atoms with Crippen molar-refractivity contribution in [2.75, 3.05) is 4.90 Å². The molecule has 0 radical (unpaired) electrons. The molecule has 2 heteroatoms. The van der Waals surface area contributed by atoms with E-state index in [1.807, 2.05) is 11.3 Å². The molecule has 0 N–H and O–H groups in total. The first-order valence-corrected chi connectivity index (χ1v) is 20.9. The van der Waals surface area contributed by atoms with Gasteiger partial charge in [0.1, 0.15) is 0 Å². The minimum atomic E-state index is -0.0682. The molecule has 11 rings (SSSR count). The Morgan fingerprint density at radius 2 is 1.16 bits per heavy atom. The number of anilines is 2. The molecule has 0 aliphatic heterocycles. The van der Waals surface area contributed by atoms with Gasteiger partial charge in [0.2, 0.25) is 0 Å². The fourth-order valence-corrected chi connectivity index (χ4v) is 10.9. The maximum atomic E-state index is 2.59. The van der Waals surface area contributed by atoms with Gasteiger partial charge in [-0.3, -0.25) is 0 Å². The van der Waals surface area contributed by atoms with E-state index in [1.165, 1.54) is 104 Å². The summed E-state index contributed by atoms with van der Waals surface area (Å²) >= 11 is 1.90. The predicted molar refractivity (Wildman–Crippen MR) is 246 cm³/mol. The predicted octanol–water partition coefficient (Wildman–Crippen LogP) is 15.7. The van der Waals surface area contributed by atoms with Crippen molar-refractivity contribution in [2.45, 2.75) is 32.1 Å². The van der Waals surface area contributed by atoms with Crippen LogP contribution in [0, 0.1) is 0 Å². The van der Waals surface area contributed by atoms with Gasteiger partial charge in [-0.25, -0.2) is 0 Å². The van der Waals surface area contributed by atoms with Crippen LogP contribution >= 0.6 is 11.3 Å². The first kappa shape index (κ1) is 33.8. The van der Waals surface area contributed by atoms with Crippen LogP contribution < -0.4 is 4.90 Å². The molecule has 1 aromatic heterocycles. The lowest BCUT2D eigenvalue weighted by Gasteiger charge is -2.32. The molecule has 2 aliphatic carbocycles. The standard InChI is InChI=1S/C55H41NS/c1-55(2)47-27-9-6-22-46(47)53-44(25-14-28-48(53)55)42-20-7-10-29-49(42)56(50-30-15-26-45-43-21-8-11-31-51(43)57-54(45)50)39-34-32-37(33-35-39)41-24-13-19-38-18-12-23-40(52(38)41)36-16-4-3-5-17-36/h3-9,11-28,30-35H,10,29H2,1-2H3. The molecule has 9 aromatic rings. The molecule has 0 amide bonds. The Balaban J connectivity index is 1.14. The molecule has 8 aromatic carbocycles. The quantitative estimate of drug-likeness (QED) is 0.164. The van der Waals surface area contributed by atoms with E-state index >= 15 is 0 Å². The Bertz CT molecular complexity index is 3080. The van der Waals surface area contributed by atoms with E-state index in [9.17, 15) is 0 Å². The third-order valence-electron chi connectivity index (χ3n) is 12.4. The Labute approximate surface area is 338 Å². The van der Waals surface area contributed by atoms with Crippen molar-refractivity contribution in [3.05, 3.63) is 210 Å². The largest absolute Gasteiger partial charge is 0.312 e. The van der Waals surface area contributed by atoms with Gasteiger partial charge in [0.25, 0.3) is 0 Å². The van der Waals surface area contributed by atoms with Crippen molar-refractivity contribution in [3.63, 3.8) is 0 Å². The summed E-state index contributed by atoms with van der Waals surface area (Å²) in [5.41, 5.74) is 16.8. The summed E-state index contributed by atoms with van der Waals surface area (Å²) in [6.07, 6.45) is 6.70. The van der Waals surface area contributed by atoms with Gasteiger partial charge in [-0.2, -0.15) is 0 Å². The SMILES string of the molecule is CC1(C)c2ccccc2-c2c(C3=C(N(c4ccc(-c5cccc6cccc(-c7ccccc7)c56)cc4)c4cccc5c4sc4ccccc45)CCC=C3)cccc21. The molecule has 1 nitrogen and oxygen atoms in total. The second kappa shape index (κ2) is 13.3. The van der Waals surface area contributed by atoms with Crippen molar-refractivity contribution in [3.8, 4) is 33.4 Å². The fraction of sp³-hybridized carbons (Fsp3) is 0.0909. The second-order valence-electron chi connectivity index (χ2n) is 15.9. The minimum Gasteiger partial charge on any atom is -0.312 e. The van der Waals surface area contributed by atoms with Crippen molar-refractivity contribution >= 4 is 59.2 Å². The van der Waals surface area contributed by atoms with Gasteiger partial charge in [0, 0.05) is 37.8 Å². The third kappa shape index (κ3) is 5.35. The van der Waals surface area contributed by atoms with Crippen LogP contribution in [-0.2, 0) is 5.41 Å². The highest BCUT2D eigenvalue weighted by atomic mass is 32.1. The van der Waals surface area contributed by atoms with Crippen molar-refractivity contribution in [1.29, 1.82) is 0 Å². The van der Waals surface area contributed by atoms with E-state index in [0.717, 1.165) is 12.8 Å². The third-order valence-corrected chi connectivity index (χ3v) is 13.6. The molecule has 0 saturated heterocycles. The number of nitrogens with zero attached hydrogens (tertiary/aromatic N) is 1. The molecule has 57 heavy (non-hydrogen) atoms. The number of rotatable bonds is 6. The topological polar surface area (TPSA) is 3.24 Å². The lowest BCUT2D eigenvalue weighted by atomic mass is 9.81. The van der Waals surface area contributed by atoms with Gasteiger partial charge >= 0.3 is 0 Å². The summed E-state index contributed by atoms with van der Waals surface area (Å²) in [4.78, 5) is 2.59. The number of thiophene rings is 1. The van der Waals surface area contributed by atoms with Crippen LogP contribution in [0.25, 0.3) is 69.9 Å². The Morgan fingerprint density at radius 3 is 1.98 bits per heavy atom. The van der Waals surface area contributed by atoms with Gasteiger partial charge in [-0.15, -0.1) is 11.3 Å². The smallest absolute Gasteiger partial charge is 0.0637 e. The summed E-state index contributed by atoms with van der Waals surface area (Å²) < 4.78 is 2.63. The summed E-state index contributed by atoms with van der Waals surface area (Å²) in [5, 5.41) is 5.16. The van der Waals surface area contributed by atoms with E-state index in [-0.39, 0.29) is 5.41 Å². The maximum absolute atomic E-state index is 2.59. The average Bonchev–Trinajstić information content (AvgIpc) is 3.77. The molecule has 2 aliphatic rings. The number of hydrogen-bond donors (Lipinski definition) is 0. The van der Waals surface area contributed by atoms with E-state index in [1.54, 1.807) is 0 Å². The first-order chi connectivity index (χ1) is 28.1. The van der Waals surface area contributed by atoms with Crippen LogP contribution in [0.4, 0.5) is 11.4 Å². The van der Waals surface area contributed by atoms with Crippen molar-refractivity contribution in [2.24, 2.45) is 0 Å². The van der Waals surface area contributed by atoms with E-state index in [2.05, 4.69) is 207 Å². The molecule has 0 fully saturated rings. The highest BCUT2D eigenvalue weighted by Crippen LogP contribution is 2.53. The second-order valence-corrected chi connectivity index (χ2v) is 17.0. The number of benzene rings is 8. The average molecular weight is 748 g/mol. The van der Waals surface area contributed by atoms with Gasteiger partial charge in [-0.05, 0) is 98.0 Å². The van der Waals surface area contributed by atoms with E-state index in [0.29, 0.717) is 0 Å².